The third kappa shape index (κ3) is 2.91. The van der Waals surface area contributed by atoms with Crippen molar-refractivity contribution >= 4 is 33.9 Å². The number of aliphatic hydroxyl groups is 1. The summed E-state index contributed by atoms with van der Waals surface area (Å²) >= 11 is 1.28. The molecule has 0 fully saturated rings. The molecule has 148 valence electrons. The summed E-state index contributed by atoms with van der Waals surface area (Å²) in [6.45, 7) is 0.176. The van der Waals surface area contributed by atoms with Gasteiger partial charge >= 0.3 is 0 Å². The van der Waals surface area contributed by atoms with Gasteiger partial charge < -0.3 is 15.0 Å². The van der Waals surface area contributed by atoms with E-state index in [0.717, 1.165) is 16.5 Å². The SMILES string of the molecule is O=C(C1=C(O)C(=O)N(Cc2ccccn2)C1c1c[nH]c2ccccc12)c1cccs1. The van der Waals surface area contributed by atoms with E-state index in [-0.39, 0.29) is 17.9 Å². The number of amides is 1. The zero-order valence-corrected chi connectivity index (χ0v) is 16.6. The van der Waals surface area contributed by atoms with Crippen molar-refractivity contribution in [2.24, 2.45) is 0 Å². The van der Waals surface area contributed by atoms with Crippen LogP contribution in [0.5, 0.6) is 0 Å². The Morgan fingerprint density at radius 1 is 1.13 bits per heavy atom. The van der Waals surface area contributed by atoms with Crippen LogP contribution in [0.15, 0.2) is 83.7 Å². The second kappa shape index (κ2) is 7.27. The predicted octanol–water partition coefficient (Wildman–Crippen LogP) is 4.40. The molecule has 1 amide bonds. The molecule has 3 aromatic heterocycles. The fraction of sp³-hybridized carbons (Fsp3) is 0.0870. The Kier molecular flexibility index (Phi) is 4.44. The first kappa shape index (κ1) is 18.3. The van der Waals surface area contributed by atoms with E-state index in [1.54, 1.807) is 36.0 Å². The van der Waals surface area contributed by atoms with Gasteiger partial charge in [0.15, 0.2) is 5.76 Å². The molecule has 0 radical (unpaired) electrons. The lowest BCUT2D eigenvalue weighted by molar-refractivity contribution is -0.130. The molecule has 4 heterocycles. The maximum atomic E-state index is 13.3. The minimum Gasteiger partial charge on any atom is -0.503 e. The van der Waals surface area contributed by atoms with Gasteiger partial charge in [0.25, 0.3) is 5.91 Å². The summed E-state index contributed by atoms with van der Waals surface area (Å²) < 4.78 is 0. The van der Waals surface area contributed by atoms with Crippen LogP contribution in [0.4, 0.5) is 0 Å². The van der Waals surface area contributed by atoms with Crippen molar-refractivity contribution in [3.05, 3.63) is 99.8 Å². The van der Waals surface area contributed by atoms with E-state index >= 15 is 0 Å². The summed E-state index contributed by atoms with van der Waals surface area (Å²) in [5.74, 6) is -1.41. The number of fused-ring (bicyclic) bond motifs is 1. The molecule has 0 aliphatic carbocycles. The standard InChI is InChI=1S/C23H17N3O3S/c27-21(18-9-5-11-30-18)19-20(16-12-25-17-8-2-1-7-15(16)17)26(23(29)22(19)28)13-14-6-3-4-10-24-14/h1-12,20,25,28H,13H2. The number of para-hydroxylation sites is 1. The van der Waals surface area contributed by atoms with Gasteiger partial charge in [-0.3, -0.25) is 14.6 Å². The topological polar surface area (TPSA) is 86.3 Å². The lowest BCUT2D eigenvalue weighted by atomic mass is 9.95. The summed E-state index contributed by atoms with van der Waals surface area (Å²) in [4.78, 5) is 35.9. The number of carbonyl (C=O) groups excluding carboxylic acids is 2. The van der Waals surface area contributed by atoms with Crippen LogP contribution >= 0.6 is 11.3 Å². The molecule has 1 unspecified atom stereocenters. The van der Waals surface area contributed by atoms with Crippen molar-refractivity contribution in [3.8, 4) is 0 Å². The molecule has 0 bridgehead atoms. The number of nitrogens with one attached hydrogen (secondary N) is 1. The molecular weight excluding hydrogens is 398 g/mol. The van der Waals surface area contributed by atoms with Gasteiger partial charge in [0.05, 0.1) is 28.7 Å². The highest BCUT2D eigenvalue weighted by atomic mass is 32.1. The molecule has 1 atom stereocenters. The largest absolute Gasteiger partial charge is 0.503 e. The monoisotopic (exact) mass is 415 g/mol. The molecule has 5 rings (SSSR count). The number of pyridine rings is 1. The van der Waals surface area contributed by atoms with E-state index in [1.807, 2.05) is 36.4 Å². The fourth-order valence-corrected chi connectivity index (χ4v) is 4.58. The first-order chi connectivity index (χ1) is 14.6. The molecule has 2 N–H and O–H groups in total. The summed E-state index contributed by atoms with van der Waals surface area (Å²) in [6.07, 6.45) is 3.45. The van der Waals surface area contributed by atoms with Gasteiger partial charge in [-0.05, 0) is 29.6 Å². The van der Waals surface area contributed by atoms with Gasteiger partial charge in [0.1, 0.15) is 0 Å². The lowest BCUT2D eigenvalue weighted by Gasteiger charge is -2.26. The Morgan fingerprint density at radius 3 is 2.73 bits per heavy atom. The quantitative estimate of drug-likeness (QED) is 0.473. The predicted molar refractivity (Wildman–Crippen MR) is 114 cm³/mol. The number of aromatic nitrogens is 2. The van der Waals surface area contributed by atoms with Crippen molar-refractivity contribution in [2.45, 2.75) is 12.6 Å². The average molecular weight is 415 g/mol. The lowest BCUT2D eigenvalue weighted by Crippen LogP contribution is -2.31. The van der Waals surface area contributed by atoms with Crippen LogP contribution < -0.4 is 0 Å². The van der Waals surface area contributed by atoms with Crippen LogP contribution in [0, 0.1) is 0 Å². The highest BCUT2D eigenvalue weighted by molar-refractivity contribution is 7.12. The maximum Gasteiger partial charge on any atom is 0.290 e. The molecule has 0 saturated carbocycles. The second-order valence-corrected chi connectivity index (χ2v) is 7.96. The van der Waals surface area contributed by atoms with Gasteiger partial charge in [-0.1, -0.05) is 30.3 Å². The molecule has 7 heteroatoms. The van der Waals surface area contributed by atoms with Crippen molar-refractivity contribution in [3.63, 3.8) is 0 Å². The Balaban J connectivity index is 1.66. The number of ketones is 1. The van der Waals surface area contributed by atoms with Gasteiger partial charge in [-0.2, -0.15) is 0 Å². The third-order valence-corrected chi connectivity index (χ3v) is 6.14. The van der Waals surface area contributed by atoms with E-state index in [4.69, 9.17) is 0 Å². The van der Waals surface area contributed by atoms with E-state index in [9.17, 15) is 14.7 Å². The molecule has 30 heavy (non-hydrogen) atoms. The number of rotatable bonds is 5. The molecule has 6 nitrogen and oxygen atoms in total. The van der Waals surface area contributed by atoms with Crippen LogP contribution in [-0.4, -0.2) is 31.7 Å². The van der Waals surface area contributed by atoms with Crippen LogP contribution in [0.2, 0.25) is 0 Å². The Morgan fingerprint density at radius 2 is 1.97 bits per heavy atom. The van der Waals surface area contributed by atoms with E-state index in [0.29, 0.717) is 10.6 Å². The highest BCUT2D eigenvalue weighted by Crippen LogP contribution is 2.42. The first-order valence-electron chi connectivity index (χ1n) is 9.43. The summed E-state index contributed by atoms with van der Waals surface area (Å²) in [5, 5.41) is 13.5. The number of aliphatic hydroxyl groups excluding tert-OH is 1. The number of hydrogen-bond acceptors (Lipinski definition) is 5. The zero-order valence-electron chi connectivity index (χ0n) is 15.8. The first-order valence-corrected chi connectivity index (χ1v) is 10.3. The van der Waals surface area contributed by atoms with Crippen LogP contribution in [0.25, 0.3) is 10.9 Å². The second-order valence-electron chi connectivity index (χ2n) is 7.01. The number of H-pyrrole nitrogens is 1. The van der Waals surface area contributed by atoms with Crippen LogP contribution in [0.3, 0.4) is 0 Å². The minimum atomic E-state index is -0.717. The molecule has 0 saturated heterocycles. The highest BCUT2D eigenvalue weighted by Gasteiger charge is 2.44. The minimum absolute atomic E-state index is 0.100. The Hall–Kier alpha value is -3.71. The third-order valence-electron chi connectivity index (χ3n) is 5.27. The number of hydrogen-bond donors (Lipinski definition) is 2. The number of benzene rings is 1. The van der Waals surface area contributed by atoms with Crippen molar-refractivity contribution < 1.29 is 14.7 Å². The van der Waals surface area contributed by atoms with E-state index in [2.05, 4.69) is 9.97 Å². The molecule has 0 spiro atoms. The number of nitrogens with zero attached hydrogens (tertiary/aromatic N) is 2. The van der Waals surface area contributed by atoms with Gasteiger partial charge in [0, 0.05) is 28.9 Å². The zero-order chi connectivity index (χ0) is 20.7. The molecule has 1 aromatic carbocycles. The summed E-state index contributed by atoms with van der Waals surface area (Å²) in [7, 11) is 0. The Labute approximate surface area is 176 Å². The van der Waals surface area contributed by atoms with E-state index < -0.39 is 17.7 Å². The van der Waals surface area contributed by atoms with Crippen molar-refractivity contribution in [1.82, 2.24) is 14.9 Å². The molecule has 1 aliphatic heterocycles. The number of Topliss-reactive ketones (excluding diaryl/α,β-unsaturated/α-hetero) is 1. The average Bonchev–Trinajstić information content (AvgIpc) is 3.50. The summed E-state index contributed by atoms with van der Waals surface area (Å²) in [5.41, 5.74) is 2.43. The van der Waals surface area contributed by atoms with Gasteiger partial charge in [-0.25, -0.2) is 0 Å². The maximum absolute atomic E-state index is 13.3. The summed E-state index contributed by atoms with van der Waals surface area (Å²) in [6, 6.07) is 15.9. The van der Waals surface area contributed by atoms with Crippen molar-refractivity contribution in [1.29, 1.82) is 0 Å². The van der Waals surface area contributed by atoms with Crippen LogP contribution in [0.1, 0.15) is 27.0 Å². The van der Waals surface area contributed by atoms with Gasteiger partial charge in [-0.15, -0.1) is 11.3 Å². The smallest absolute Gasteiger partial charge is 0.290 e. The normalized spacial score (nSPS) is 16.6. The fourth-order valence-electron chi connectivity index (χ4n) is 3.90. The Bertz CT molecular complexity index is 1280. The number of carbonyl (C=O) groups is 2. The van der Waals surface area contributed by atoms with Crippen molar-refractivity contribution in [2.75, 3.05) is 0 Å². The van der Waals surface area contributed by atoms with E-state index in [1.165, 1.54) is 16.2 Å². The van der Waals surface area contributed by atoms with Gasteiger partial charge in [0.2, 0.25) is 5.78 Å². The number of thiophene rings is 1. The molecule has 4 aromatic rings. The number of aromatic amines is 1. The van der Waals surface area contributed by atoms with Crippen LogP contribution in [-0.2, 0) is 11.3 Å². The molecular formula is C23H17N3O3S. The molecule has 1 aliphatic rings.